The molecule has 2 aromatic rings. The second-order valence-corrected chi connectivity index (χ2v) is 13.7. The SMILES string of the molecule is CC(OCCO[Si](c1ccccc1)(c1ccccc1)C(C)(C)C)C(N)CCCCCN. The third-order valence-corrected chi connectivity index (χ3v) is 11.1. The third-order valence-electron chi connectivity index (χ3n) is 6.04. The predicted molar refractivity (Wildman–Crippen MR) is 134 cm³/mol. The molecule has 4 nitrogen and oxygen atoms in total. The molecule has 0 aliphatic carbocycles. The van der Waals surface area contributed by atoms with Crippen LogP contribution in [0.3, 0.4) is 0 Å². The summed E-state index contributed by atoms with van der Waals surface area (Å²) in [5.41, 5.74) is 11.9. The van der Waals surface area contributed by atoms with Crippen molar-refractivity contribution in [1.29, 1.82) is 0 Å². The first kappa shape index (κ1) is 25.8. The van der Waals surface area contributed by atoms with Crippen molar-refractivity contribution in [1.82, 2.24) is 0 Å². The summed E-state index contributed by atoms with van der Waals surface area (Å²) in [6.07, 6.45) is 4.28. The number of ether oxygens (including phenoxy) is 1. The van der Waals surface area contributed by atoms with E-state index in [1.54, 1.807) is 0 Å². The van der Waals surface area contributed by atoms with Crippen molar-refractivity contribution in [3.8, 4) is 0 Å². The molecule has 0 aromatic heterocycles. The minimum absolute atomic E-state index is 0.0145. The van der Waals surface area contributed by atoms with E-state index < -0.39 is 8.32 Å². The zero-order valence-electron chi connectivity index (χ0n) is 19.8. The highest BCUT2D eigenvalue weighted by molar-refractivity contribution is 6.99. The molecule has 0 spiro atoms. The Hall–Kier alpha value is -1.50. The smallest absolute Gasteiger partial charge is 0.261 e. The highest BCUT2D eigenvalue weighted by Crippen LogP contribution is 2.36. The molecule has 0 amide bonds. The van der Waals surface area contributed by atoms with Crippen LogP contribution in [0.1, 0.15) is 53.4 Å². The van der Waals surface area contributed by atoms with Crippen LogP contribution < -0.4 is 21.8 Å². The molecular weight excluding hydrogens is 400 g/mol. The number of hydrogen-bond acceptors (Lipinski definition) is 4. The first-order valence-electron chi connectivity index (χ1n) is 11.6. The number of nitrogens with two attached hydrogens (primary N) is 2. The molecule has 0 fully saturated rings. The standard InChI is InChI=1S/C26H42N2O2Si/c1-22(25(28)18-12-7-13-19-27)29-20-21-30-31(26(2,3)4,23-14-8-5-9-15-23)24-16-10-6-11-17-24/h5-6,8-11,14-17,22,25H,7,12-13,18-21,27-28H2,1-4H3. The van der Waals surface area contributed by atoms with Crippen molar-refractivity contribution in [2.45, 2.75) is 70.6 Å². The van der Waals surface area contributed by atoms with Gasteiger partial charge in [0.1, 0.15) is 0 Å². The Kier molecular flexibility index (Phi) is 10.4. The van der Waals surface area contributed by atoms with E-state index in [4.69, 9.17) is 20.6 Å². The van der Waals surface area contributed by atoms with Crippen LogP contribution in [0.25, 0.3) is 0 Å². The molecule has 0 heterocycles. The molecule has 0 saturated heterocycles. The minimum Gasteiger partial charge on any atom is -0.405 e. The maximum atomic E-state index is 6.87. The van der Waals surface area contributed by atoms with Gasteiger partial charge in [-0.2, -0.15) is 0 Å². The molecule has 0 radical (unpaired) electrons. The van der Waals surface area contributed by atoms with Crippen molar-refractivity contribution >= 4 is 18.7 Å². The van der Waals surface area contributed by atoms with Crippen molar-refractivity contribution in [3.05, 3.63) is 60.7 Å². The Morgan fingerprint density at radius 2 is 1.39 bits per heavy atom. The van der Waals surface area contributed by atoms with Crippen molar-refractivity contribution < 1.29 is 9.16 Å². The molecule has 2 rings (SSSR count). The minimum atomic E-state index is -2.50. The molecule has 2 unspecified atom stereocenters. The fourth-order valence-electron chi connectivity index (χ4n) is 4.25. The lowest BCUT2D eigenvalue weighted by molar-refractivity contribution is 0.0262. The van der Waals surface area contributed by atoms with Gasteiger partial charge in [-0.1, -0.05) is 94.3 Å². The number of unbranched alkanes of at least 4 members (excludes halogenated alkanes) is 2. The fourth-order valence-corrected chi connectivity index (χ4v) is 8.79. The number of hydrogen-bond donors (Lipinski definition) is 2. The van der Waals surface area contributed by atoms with E-state index in [-0.39, 0.29) is 17.2 Å². The molecule has 31 heavy (non-hydrogen) atoms. The van der Waals surface area contributed by atoms with Crippen molar-refractivity contribution in [2.24, 2.45) is 11.5 Å². The average molecular weight is 443 g/mol. The number of benzene rings is 2. The van der Waals surface area contributed by atoms with Crippen LogP contribution in [-0.2, 0) is 9.16 Å². The lowest BCUT2D eigenvalue weighted by atomic mass is 10.1. The topological polar surface area (TPSA) is 70.5 Å². The van der Waals surface area contributed by atoms with Gasteiger partial charge in [0.05, 0.1) is 19.3 Å². The summed E-state index contributed by atoms with van der Waals surface area (Å²) in [7, 11) is -2.50. The van der Waals surface area contributed by atoms with Crippen LogP contribution in [0.2, 0.25) is 5.04 Å². The molecule has 2 atom stereocenters. The van der Waals surface area contributed by atoms with Gasteiger partial charge in [0.25, 0.3) is 8.32 Å². The van der Waals surface area contributed by atoms with Crippen LogP contribution in [0.5, 0.6) is 0 Å². The lowest BCUT2D eigenvalue weighted by Gasteiger charge is -2.43. The average Bonchev–Trinajstić information content (AvgIpc) is 2.77. The van der Waals surface area contributed by atoms with E-state index in [1.807, 2.05) is 0 Å². The second kappa shape index (κ2) is 12.5. The predicted octanol–water partition coefficient (Wildman–Crippen LogP) is 3.81. The maximum Gasteiger partial charge on any atom is 0.261 e. The fraction of sp³-hybridized carbons (Fsp3) is 0.538. The normalized spacial score (nSPS) is 14.4. The molecule has 0 aliphatic rings. The van der Waals surface area contributed by atoms with Gasteiger partial charge in [-0.05, 0) is 41.7 Å². The van der Waals surface area contributed by atoms with Crippen LogP contribution in [0.4, 0.5) is 0 Å². The molecule has 0 saturated carbocycles. The summed E-state index contributed by atoms with van der Waals surface area (Å²) < 4.78 is 13.0. The molecular formula is C26H42N2O2Si. The van der Waals surface area contributed by atoms with E-state index in [0.717, 1.165) is 32.2 Å². The highest BCUT2D eigenvalue weighted by Gasteiger charge is 2.50. The summed E-state index contributed by atoms with van der Waals surface area (Å²) >= 11 is 0. The van der Waals surface area contributed by atoms with Gasteiger partial charge in [0.15, 0.2) is 0 Å². The maximum absolute atomic E-state index is 6.87. The lowest BCUT2D eigenvalue weighted by Crippen LogP contribution is -2.66. The van der Waals surface area contributed by atoms with E-state index in [2.05, 4.69) is 88.4 Å². The Bertz CT molecular complexity index is 695. The molecule has 2 aromatic carbocycles. The summed E-state index contributed by atoms with van der Waals surface area (Å²) in [6, 6.07) is 21.5. The van der Waals surface area contributed by atoms with Gasteiger partial charge < -0.3 is 20.6 Å². The molecule has 5 heteroatoms. The largest absolute Gasteiger partial charge is 0.405 e. The van der Waals surface area contributed by atoms with E-state index in [0.29, 0.717) is 13.2 Å². The van der Waals surface area contributed by atoms with E-state index >= 15 is 0 Å². The van der Waals surface area contributed by atoms with Crippen LogP contribution in [0.15, 0.2) is 60.7 Å². The van der Waals surface area contributed by atoms with Gasteiger partial charge in [-0.3, -0.25) is 0 Å². The van der Waals surface area contributed by atoms with Crippen molar-refractivity contribution in [3.63, 3.8) is 0 Å². The third kappa shape index (κ3) is 6.99. The first-order valence-corrected chi connectivity index (χ1v) is 13.6. The summed E-state index contributed by atoms with van der Waals surface area (Å²) in [5, 5.41) is 2.55. The Balaban J connectivity index is 2.08. The summed E-state index contributed by atoms with van der Waals surface area (Å²) in [6.45, 7) is 10.8. The van der Waals surface area contributed by atoms with Gasteiger partial charge in [-0.15, -0.1) is 0 Å². The second-order valence-electron chi connectivity index (χ2n) is 9.39. The molecule has 172 valence electrons. The summed E-state index contributed by atoms with van der Waals surface area (Å²) in [4.78, 5) is 0. The molecule has 0 aliphatic heterocycles. The molecule has 0 bridgehead atoms. The first-order chi connectivity index (χ1) is 14.8. The van der Waals surface area contributed by atoms with Crippen LogP contribution in [0, 0.1) is 0 Å². The monoisotopic (exact) mass is 442 g/mol. The summed E-state index contributed by atoms with van der Waals surface area (Å²) in [5.74, 6) is 0. The Morgan fingerprint density at radius 3 is 1.87 bits per heavy atom. The zero-order valence-corrected chi connectivity index (χ0v) is 20.8. The molecule has 4 N–H and O–H groups in total. The van der Waals surface area contributed by atoms with Crippen LogP contribution >= 0.6 is 0 Å². The quantitative estimate of drug-likeness (QED) is 0.365. The Labute approximate surface area is 190 Å². The van der Waals surface area contributed by atoms with Crippen molar-refractivity contribution in [2.75, 3.05) is 19.8 Å². The number of rotatable bonds is 13. The zero-order chi connectivity index (χ0) is 22.7. The highest BCUT2D eigenvalue weighted by atomic mass is 28.4. The van der Waals surface area contributed by atoms with Gasteiger partial charge in [0.2, 0.25) is 0 Å². The Morgan fingerprint density at radius 1 is 0.839 bits per heavy atom. The van der Waals surface area contributed by atoms with E-state index in [1.165, 1.54) is 10.4 Å². The van der Waals surface area contributed by atoms with Gasteiger partial charge >= 0.3 is 0 Å². The van der Waals surface area contributed by atoms with E-state index in [9.17, 15) is 0 Å². The van der Waals surface area contributed by atoms with Gasteiger partial charge in [-0.25, -0.2) is 0 Å². The van der Waals surface area contributed by atoms with Crippen LogP contribution in [-0.4, -0.2) is 40.2 Å². The van der Waals surface area contributed by atoms with Gasteiger partial charge in [0, 0.05) is 6.04 Å².